The van der Waals surface area contributed by atoms with Gasteiger partial charge in [0.25, 0.3) is 5.56 Å². The van der Waals surface area contributed by atoms with Crippen molar-refractivity contribution in [2.45, 2.75) is 0 Å². The summed E-state index contributed by atoms with van der Waals surface area (Å²) in [6.45, 7) is 0. The second kappa shape index (κ2) is 7.78. The quantitative estimate of drug-likeness (QED) is 0.504. The van der Waals surface area contributed by atoms with Gasteiger partial charge < -0.3 is 5.32 Å². The molecule has 28 heavy (non-hydrogen) atoms. The zero-order valence-corrected chi connectivity index (χ0v) is 16.7. The zero-order chi connectivity index (χ0) is 19.5. The average molecular weight is 433 g/mol. The highest BCUT2D eigenvalue weighted by molar-refractivity contribution is 9.10. The highest BCUT2D eigenvalue weighted by Gasteiger charge is 2.14. The standard InChI is InChI=1S/C22H17BrN4O/c1-24-16-6-4-7-17(13-16)27-14-15(21-25-10-5-11-26-21)12-19(22(27)28)18-8-2-3-9-20(18)23/h2-14,24H,1H3. The van der Waals surface area contributed by atoms with Crippen molar-refractivity contribution >= 4 is 21.6 Å². The van der Waals surface area contributed by atoms with E-state index in [-0.39, 0.29) is 5.56 Å². The molecule has 4 aromatic rings. The molecule has 0 saturated heterocycles. The Balaban J connectivity index is 2.01. The van der Waals surface area contributed by atoms with Gasteiger partial charge in [0.15, 0.2) is 5.82 Å². The number of hydrogen-bond donors (Lipinski definition) is 1. The third-order valence-electron chi connectivity index (χ3n) is 4.42. The van der Waals surface area contributed by atoms with Crippen LogP contribution < -0.4 is 10.9 Å². The maximum absolute atomic E-state index is 13.4. The number of benzene rings is 2. The minimum atomic E-state index is -0.111. The third kappa shape index (κ3) is 3.46. The molecule has 5 nitrogen and oxygen atoms in total. The summed E-state index contributed by atoms with van der Waals surface area (Å²) in [6.07, 6.45) is 5.17. The molecule has 0 amide bonds. The maximum Gasteiger partial charge on any atom is 0.263 e. The maximum atomic E-state index is 13.4. The summed E-state index contributed by atoms with van der Waals surface area (Å²) in [4.78, 5) is 22.1. The molecule has 0 aliphatic carbocycles. The second-order valence-corrected chi connectivity index (χ2v) is 7.02. The highest BCUT2D eigenvalue weighted by Crippen LogP contribution is 2.28. The summed E-state index contributed by atoms with van der Waals surface area (Å²) in [5.41, 5.74) is 3.74. The van der Waals surface area contributed by atoms with Crippen molar-refractivity contribution < 1.29 is 0 Å². The average Bonchev–Trinajstić information content (AvgIpc) is 2.75. The van der Waals surface area contributed by atoms with Crippen LogP contribution in [-0.2, 0) is 0 Å². The minimum Gasteiger partial charge on any atom is -0.388 e. The summed E-state index contributed by atoms with van der Waals surface area (Å²) in [5.74, 6) is 0.564. The van der Waals surface area contributed by atoms with E-state index in [9.17, 15) is 4.79 Å². The monoisotopic (exact) mass is 432 g/mol. The molecule has 2 aromatic carbocycles. The SMILES string of the molecule is CNc1cccc(-n2cc(-c3ncccn3)cc(-c3ccccc3Br)c2=O)c1. The van der Waals surface area contributed by atoms with Crippen LogP contribution in [0, 0.1) is 0 Å². The first-order chi connectivity index (χ1) is 13.7. The topological polar surface area (TPSA) is 59.8 Å². The molecule has 0 atom stereocenters. The van der Waals surface area contributed by atoms with E-state index in [1.54, 1.807) is 29.2 Å². The molecule has 4 rings (SSSR count). The van der Waals surface area contributed by atoms with Crippen molar-refractivity contribution in [3.05, 3.63) is 94.1 Å². The predicted octanol–water partition coefficient (Wildman–Crippen LogP) is 4.77. The van der Waals surface area contributed by atoms with E-state index in [4.69, 9.17) is 0 Å². The molecule has 0 aliphatic rings. The van der Waals surface area contributed by atoms with E-state index in [0.717, 1.165) is 27.0 Å². The number of nitrogens with one attached hydrogen (secondary N) is 1. The number of anilines is 1. The molecule has 0 unspecified atom stereocenters. The van der Waals surface area contributed by atoms with Gasteiger partial charge in [0, 0.05) is 52.5 Å². The van der Waals surface area contributed by atoms with Crippen LogP contribution in [0.1, 0.15) is 0 Å². The van der Waals surface area contributed by atoms with E-state index in [1.807, 2.05) is 61.6 Å². The van der Waals surface area contributed by atoms with Gasteiger partial charge in [-0.25, -0.2) is 9.97 Å². The molecule has 1 N–H and O–H groups in total. The van der Waals surface area contributed by atoms with Crippen LogP contribution in [0.5, 0.6) is 0 Å². The highest BCUT2D eigenvalue weighted by atomic mass is 79.9. The van der Waals surface area contributed by atoms with Gasteiger partial charge in [0.05, 0.1) is 5.69 Å². The molecule has 0 spiro atoms. The van der Waals surface area contributed by atoms with Gasteiger partial charge in [0.1, 0.15) is 0 Å². The molecular weight excluding hydrogens is 416 g/mol. The number of nitrogens with zero attached hydrogens (tertiary/aromatic N) is 3. The van der Waals surface area contributed by atoms with Crippen LogP contribution >= 0.6 is 15.9 Å². The van der Waals surface area contributed by atoms with Crippen LogP contribution in [0.3, 0.4) is 0 Å². The van der Waals surface area contributed by atoms with Crippen molar-refractivity contribution in [1.82, 2.24) is 14.5 Å². The lowest BCUT2D eigenvalue weighted by molar-refractivity contribution is 0.989. The third-order valence-corrected chi connectivity index (χ3v) is 5.11. The number of halogens is 1. The van der Waals surface area contributed by atoms with Crippen LogP contribution in [0.25, 0.3) is 28.2 Å². The first-order valence-corrected chi connectivity index (χ1v) is 9.54. The number of rotatable bonds is 4. The lowest BCUT2D eigenvalue weighted by Crippen LogP contribution is -2.20. The van der Waals surface area contributed by atoms with Gasteiger partial charge in [-0.3, -0.25) is 9.36 Å². The van der Waals surface area contributed by atoms with Gasteiger partial charge in [0.2, 0.25) is 0 Å². The molecule has 0 bridgehead atoms. The van der Waals surface area contributed by atoms with Gasteiger partial charge in [-0.05, 0) is 36.4 Å². The van der Waals surface area contributed by atoms with Crippen LogP contribution in [0.15, 0.2) is 88.5 Å². The number of aromatic nitrogens is 3. The predicted molar refractivity (Wildman–Crippen MR) is 116 cm³/mol. The van der Waals surface area contributed by atoms with Crippen LogP contribution in [-0.4, -0.2) is 21.6 Å². The van der Waals surface area contributed by atoms with Crippen molar-refractivity contribution in [1.29, 1.82) is 0 Å². The van der Waals surface area contributed by atoms with Gasteiger partial charge >= 0.3 is 0 Å². The first kappa shape index (κ1) is 18.1. The van der Waals surface area contributed by atoms with Gasteiger partial charge in [-0.15, -0.1) is 0 Å². The van der Waals surface area contributed by atoms with E-state index in [1.165, 1.54) is 0 Å². The molecule has 0 aliphatic heterocycles. The van der Waals surface area contributed by atoms with Crippen molar-refractivity contribution in [2.24, 2.45) is 0 Å². The Hall–Kier alpha value is -3.25. The molecule has 6 heteroatoms. The van der Waals surface area contributed by atoms with Crippen molar-refractivity contribution in [3.8, 4) is 28.2 Å². The summed E-state index contributed by atoms with van der Waals surface area (Å²) < 4.78 is 2.50. The summed E-state index contributed by atoms with van der Waals surface area (Å²) in [5, 5.41) is 3.11. The van der Waals surface area contributed by atoms with E-state index < -0.39 is 0 Å². The van der Waals surface area contributed by atoms with Crippen molar-refractivity contribution in [3.63, 3.8) is 0 Å². The first-order valence-electron chi connectivity index (χ1n) is 8.74. The Kier molecular flexibility index (Phi) is 5.04. The molecule has 2 heterocycles. The Morgan fingerprint density at radius 1 is 0.929 bits per heavy atom. The fourth-order valence-corrected chi connectivity index (χ4v) is 3.53. The molecule has 138 valence electrons. The molecular formula is C22H17BrN4O. The van der Waals surface area contributed by atoms with Crippen molar-refractivity contribution in [2.75, 3.05) is 12.4 Å². The van der Waals surface area contributed by atoms with Gasteiger partial charge in [-0.2, -0.15) is 0 Å². The lowest BCUT2D eigenvalue weighted by Gasteiger charge is -2.13. The Morgan fingerprint density at radius 3 is 2.46 bits per heavy atom. The molecule has 0 fully saturated rings. The summed E-state index contributed by atoms with van der Waals surface area (Å²) in [6, 6.07) is 19.0. The smallest absolute Gasteiger partial charge is 0.263 e. The Morgan fingerprint density at radius 2 is 1.71 bits per heavy atom. The number of hydrogen-bond acceptors (Lipinski definition) is 4. The normalized spacial score (nSPS) is 10.6. The molecule has 2 aromatic heterocycles. The van der Waals surface area contributed by atoms with E-state index >= 15 is 0 Å². The Labute approximate surface area is 170 Å². The summed E-state index contributed by atoms with van der Waals surface area (Å²) in [7, 11) is 1.85. The lowest BCUT2D eigenvalue weighted by atomic mass is 10.0. The fraction of sp³-hybridized carbons (Fsp3) is 0.0455. The zero-order valence-electron chi connectivity index (χ0n) is 15.1. The van der Waals surface area contributed by atoms with E-state index in [2.05, 4.69) is 31.2 Å². The fourth-order valence-electron chi connectivity index (χ4n) is 3.03. The largest absolute Gasteiger partial charge is 0.388 e. The minimum absolute atomic E-state index is 0.111. The molecule has 0 radical (unpaired) electrons. The van der Waals surface area contributed by atoms with E-state index in [0.29, 0.717) is 11.4 Å². The molecule has 0 saturated carbocycles. The summed E-state index contributed by atoms with van der Waals surface area (Å²) >= 11 is 3.56. The second-order valence-electron chi connectivity index (χ2n) is 6.17. The van der Waals surface area contributed by atoms with Crippen LogP contribution in [0.4, 0.5) is 5.69 Å². The van der Waals surface area contributed by atoms with Gasteiger partial charge in [-0.1, -0.05) is 40.2 Å². The number of pyridine rings is 1. The van der Waals surface area contributed by atoms with Crippen LogP contribution in [0.2, 0.25) is 0 Å². The Bertz CT molecular complexity index is 1190.